The molecule has 0 aliphatic heterocycles. The Balaban J connectivity index is 1.87. The maximum absolute atomic E-state index is 13.5. The van der Waals surface area contributed by atoms with Crippen molar-refractivity contribution in [1.29, 1.82) is 0 Å². The van der Waals surface area contributed by atoms with Crippen molar-refractivity contribution in [3.63, 3.8) is 0 Å². The minimum Gasteiger partial charge on any atom is -0.463 e. The summed E-state index contributed by atoms with van der Waals surface area (Å²) < 4.78 is 91.4. The van der Waals surface area contributed by atoms with E-state index in [2.05, 4.69) is 11.7 Å². The van der Waals surface area contributed by atoms with Gasteiger partial charge in [0, 0.05) is 6.42 Å². The summed E-state index contributed by atoms with van der Waals surface area (Å²) in [6, 6.07) is 0. The van der Waals surface area contributed by atoms with E-state index in [-0.39, 0.29) is 52.2 Å². The summed E-state index contributed by atoms with van der Waals surface area (Å²) in [7, 11) is 0. The van der Waals surface area contributed by atoms with E-state index in [1.165, 1.54) is 64.2 Å². The molecule has 0 aliphatic carbocycles. The van der Waals surface area contributed by atoms with E-state index in [9.17, 15) is 31.5 Å². The third-order valence-corrected chi connectivity index (χ3v) is 6.56. The van der Waals surface area contributed by atoms with Crippen molar-refractivity contribution < 1.29 is 55.2 Å². The first-order valence-electron chi connectivity index (χ1n) is 15.4. The van der Waals surface area contributed by atoms with Gasteiger partial charge in [0.1, 0.15) is 6.61 Å². The summed E-state index contributed by atoms with van der Waals surface area (Å²) in [6.45, 7) is 3.18. The van der Waals surface area contributed by atoms with Crippen LogP contribution in [0.5, 0.6) is 5.75 Å². The second-order valence-corrected chi connectivity index (χ2v) is 10.2. The molecule has 0 saturated carbocycles. The molecule has 0 atom stereocenters. The first-order chi connectivity index (χ1) is 20.8. The fourth-order valence-corrected chi connectivity index (χ4v) is 4.11. The predicted octanol–water partition coefficient (Wildman–Crippen LogP) is 7.75. The van der Waals surface area contributed by atoms with Gasteiger partial charge in [0.25, 0.3) is 0 Å². The van der Waals surface area contributed by atoms with Crippen molar-refractivity contribution in [2.24, 2.45) is 0 Å². The Morgan fingerprint density at radius 1 is 0.465 bits per heavy atom. The van der Waals surface area contributed by atoms with Crippen LogP contribution >= 0.6 is 0 Å². The molecular formula is C31H47F5O7. The van der Waals surface area contributed by atoms with E-state index < -0.39 is 47.2 Å². The van der Waals surface area contributed by atoms with E-state index in [1.54, 1.807) is 0 Å². The van der Waals surface area contributed by atoms with Crippen LogP contribution in [0, 0.1) is 29.1 Å². The van der Waals surface area contributed by atoms with Crippen LogP contribution < -0.4 is 4.74 Å². The number of benzene rings is 1. The van der Waals surface area contributed by atoms with Crippen molar-refractivity contribution in [2.75, 3.05) is 46.2 Å². The molecule has 1 aromatic carbocycles. The van der Waals surface area contributed by atoms with Crippen LogP contribution in [0.3, 0.4) is 0 Å². The third-order valence-electron chi connectivity index (χ3n) is 6.56. The van der Waals surface area contributed by atoms with Crippen LogP contribution in [-0.2, 0) is 28.5 Å². The SMILES string of the molecule is CCCCCCCCCCCCCCCC(=O)OCCOCCOCCOCCC(=O)Oc1c(F)c(F)c(F)c(F)c1F. The van der Waals surface area contributed by atoms with Crippen LogP contribution in [0.2, 0.25) is 0 Å². The Labute approximate surface area is 251 Å². The lowest BCUT2D eigenvalue weighted by molar-refractivity contribution is -0.145. The maximum atomic E-state index is 13.5. The zero-order chi connectivity index (χ0) is 31.7. The summed E-state index contributed by atoms with van der Waals surface area (Å²) in [5, 5.41) is 0. The summed E-state index contributed by atoms with van der Waals surface area (Å²) in [5.41, 5.74) is 0. The van der Waals surface area contributed by atoms with Crippen molar-refractivity contribution >= 4 is 11.9 Å². The minimum absolute atomic E-state index is 0.0760. The third kappa shape index (κ3) is 18.2. The highest BCUT2D eigenvalue weighted by Gasteiger charge is 2.28. The fraction of sp³-hybridized carbons (Fsp3) is 0.742. The lowest BCUT2D eigenvalue weighted by Gasteiger charge is -2.09. The summed E-state index contributed by atoms with van der Waals surface area (Å²) >= 11 is 0. The number of ether oxygens (including phenoxy) is 5. The largest absolute Gasteiger partial charge is 0.463 e. The van der Waals surface area contributed by atoms with Crippen LogP contribution in [0.1, 0.15) is 103 Å². The number of halogens is 5. The van der Waals surface area contributed by atoms with Crippen molar-refractivity contribution in [1.82, 2.24) is 0 Å². The van der Waals surface area contributed by atoms with Crippen molar-refractivity contribution in [3.05, 3.63) is 29.1 Å². The Kier molecular flexibility index (Phi) is 22.6. The molecule has 0 aliphatic rings. The molecule has 1 rings (SSSR count). The van der Waals surface area contributed by atoms with E-state index in [1.807, 2.05) is 0 Å². The average molecular weight is 627 g/mol. The number of rotatable bonds is 27. The lowest BCUT2D eigenvalue weighted by Crippen LogP contribution is -2.16. The quantitative estimate of drug-likeness (QED) is 0.0247. The second-order valence-electron chi connectivity index (χ2n) is 10.2. The van der Waals surface area contributed by atoms with Gasteiger partial charge in [-0.15, -0.1) is 0 Å². The molecule has 0 heterocycles. The van der Waals surface area contributed by atoms with Gasteiger partial charge in [-0.3, -0.25) is 9.59 Å². The number of hydrogen-bond donors (Lipinski definition) is 0. The molecule has 248 valence electrons. The van der Waals surface area contributed by atoms with Crippen molar-refractivity contribution in [3.8, 4) is 5.75 Å². The molecule has 0 aromatic heterocycles. The van der Waals surface area contributed by atoms with Gasteiger partial charge in [-0.1, -0.05) is 84.0 Å². The van der Waals surface area contributed by atoms with Gasteiger partial charge in [0.2, 0.25) is 34.8 Å². The van der Waals surface area contributed by atoms with E-state index >= 15 is 0 Å². The van der Waals surface area contributed by atoms with Gasteiger partial charge in [-0.2, -0.15) is 8.78 Å². The molecule has 12 heteroatoms. The zero-order valence-corrected chi connectivity index (χ0v) is 25.3. The van der Waals surface area contributed by atoms with Crippen LogP contribution in [0.15, 0.2) is 0 Å². The van der Waals surface area contributed by atoms with Crippen LogP contribution in [0.25, 0.3) is 0 Å². The van der Waals surface area contributed by atoms with Crippen LogP contribution in [-0.4, -0.2) is 58.2 Å². The van der Waals surface area contributed by atoms with Crippen LogP contribution in [0.4, 0.5) is 22.0 Å². The van der Waals surface area contributed by atoms with Gasteiger partial charge < -0.3 is 23.7 Å². The summed E-state index contributed by atoms with van der Waals surface area (Å²) in [4.78, 5) is 23.4. The fourth-order valence-electron chi connectivity index (χ4n) is 4.11. The highest BCUT2D eigenvalue weighted by Crippen LogP contribution is 2.29. The predicted molar refractivity (Wildman–Crippen MR) is 150 cm³/mol. The standard InChI is InChI=1S/C31H47F5O7/c1-2-3-4-5-6-7-8-9-10-11-12-13-14-15-24(37)42-23-22-41-21-20-40-19-18-39-17-16-25(38)43-31-29(35)27(33)26(32)28(34)30(31)36/h2-23H2,1H3. The molecule has 0 fully saturated rings. The maximum Gasteiger partial charge on any atom is 0.313 e. The molecule has 1 aromatic rings. The Morgan fingerprint density at radius 3 is 1.35 bits per heavy atom. The highest BCUT2D eigenvalue weighted by atomic mass is 19.2. The van der Waals surface area contributed by atoms with Gasteiger partial charge in [-0.05, 0) is 6.42 Å². The Bertz CT molecular complexity index is 888. The van der Waals surface area contributed by atoms with E-state index in [4.69, 9.17) is 18.9 Å². The lowest BCUT2D eigenvalue weighted by atomic mass is 10.0. The minimum atomic E-state index is -2.35. The molecule has 0 bridgehead atoms. The summed E-state index contributed by atoms with van der Waals surface area (Å²) in [5.74, 6) is -14.3. The normalized spacial score (nSPS) is 11.2. The number of hydrogen-bond acceptors (Lipinski definition) is 7. The summed E-state index contributed by atoms with van der Waals surface area (Å²) in [6.07, 6.45) is 16.1. The smallest absolute Gasteiger partial charge is 0.313 e. The molecule has 7 nitrogen and oxygen atoms in total. The average Bonchev–Trinajstić information content (AvgIpc) is 3.00. The molecular weight excluding hydrogens is 579 g/mol. The number of carbonyl (C=O) groups is 2. The molecule has 0 radical (unpaired) electrons. The molecule has 43 heavy (non-hydrogen) atoms. The van der Waals surface area contributed by atoms with E-state index in [0.717, 1.165) is 19.3 Å². The van der Waals surface area contributed by atoms with Gasteiger partial charge >= 0.3 is 11.9 Å². The molecule has 0 saturated heterocycles. The number of carbonyl (C=O) groups excluding carboxylic acids is 2. The molecule has 0 amide bonds. The van der Waals surface area contributed by atoms with Gasteiger partial charge in [-0.25, -0.2) is 13.2 Å². The number of esters is 2. The van der Waals surface area contributed by atoms with E-state index in [0.29, 0.717) is 6.42 Å². The zero-order valence-electron chi connectivity index (χ0n) is 25.3. The first kappa shape index (κ1) is 38.7. The second kappa shape index (κ2) is 25.1. The Morgan fingerprint density at radius 2 is 0.860 bits per heavy atom. The molecule has 0 N–H and O–H groups in total. The van der Waals surface area contributed by atoms with Gasteiger partial charge in [0.15, 0.2) is 0 Å². The monoisotopic (exact) mass is 626 g/mol. The topological polar surface area (TPSA) is 80.3 Å². The Hall–Kier alpha value is -2.31. The van der Waals surface area contributed by atoms with Crippen molar-refractivity contribution in [2.45, 2.75) is 103 Å². The number of unbranched alkanes of at least 4 members (excludes halogenated alkanes) is 12. The molecule has 0 unspecified atom stereocenters. The highest BCUT2D eigenvalue weighted by molar-refractivity contribution is 5.72. The van der Waals surface area contributed by atoms with Gasteiger partial charge in [0.05, 0.1) is 46.1 Å². The first-order valence-corrected chi connectivity index (χ1v) is 15.4. The molecule has 0 spiro atoms.